The van der Waals surface area contributed by atoms with E-state index in [-0.39, 0.29) is 11.9 Å². The molecule has 0 aliphatic rings. The van der Waals surface area contributed by atoms with E-state index < -0.39 is 6.04 Å². The van der Waals surface area contributed by atoms with Crippen molar-refractivity contribution in [1.29, 1.82) is 0 Å². The SMILES string of the molecule is COc1ccc(OC)c(NC(=O)C(C)n2c(N)nnc2SCc2ccccc2Cl)c1. The van der Waals surface area contributed by atoms with Gasteiger partial charge in [-0.15, -0.1) is 10.2 Å². The second-order valence-electron chi connectivity index (χ2n) is 6.32. The van der Waals surface area contributed by atoms with Gasteiger partial charge in [0.2, 0.25) is 11.9 Å². The van der Waals surface area contributed by atoms with Gasteiger partial charge in [0.15, 0.2) is 5.16 Å². The number of nitrogen functional groups attached to an aromatic ring is 1. The number of ether oxygens (including phenoxy) is 2. The summed E-state index contributed by atoms with van der Waals surface area (Å²) in [4.78, 5) is 12.9. The quantitative estimate of drug-likeness (QED) is 0.502. The summed E-state index contributed by atoms with van der Waals surface area (Å²) in [6, 6.07) is 12.0. The van der Waals surface area contributed by atoms with E-state index in [1.165, 1.54) is 18.9 Å². The van der Waals surface area contributed by atoms with E-state index in [1.54, 1.807) is 36.8 Å². The fourth-order valence-corrected chi connectivity index (χ4v) is 4.08. The Labute approximate surface area is 183 Å². The largest absolute Gasteiger partial charge is 0.497 e. The maximum atomic E-state index is 12.9. The number of carbonyl (C=O) groups is 1. The Morgan fingerprint density at radius 3 is 2.70 bits per heavy atom. The summed E-state index contributed by atoms with van der Waals surface area (Å²) < 4.78 is 12.1. The highest BCUT2D eigenvalue weighted by Gasteiger charge is 2.23. The predicted octanol–water partition coefficient (Wildman–Crippen LogP) is 4.02. The standard InChI is InChI=1S/C20H22ClN5O3S/c1-12(18(27)23-16-10-14(28-2)8-9-17(16)29-3)26-19(22)24-25-20(26)30-11-13-6-4-5-7-15(13)21/h4-10,12H,11H2,1-3H3,(H2,22,24)(H,23,27). The molecule has 0 radical (unpaired) electrons. The molecule has 2 aromatic carbocycles. The van der Waals surface area contributed by atoms with Crippen molar-refractivity contribution in [3.05, 3.63) is 53.1 Å². The molecule has 1 amide bonds. The zero-order valence-electron chi connectivity index (χ0n) is 16.8. The number of benzene rings is 2. The fraction of sp³-hybridized carbons (Fsp3) is 0.250. The molecule has 0 saturated carbocycles. The predicted molar refractivity (Wildman–Crippen MR) is 118 cm³/mol. The summed E-state index contributed by atoms with van der Waals surface area (Å²) in [5.41, 5.74) is 7.44. The fourth-order valence-electron chi connectivity index (χ4n) is 2.77. The Balaban J connectivity index is 1.78. The van der Waals surface area contributed by atoms with Crippen molar-refractivity contribution >= 4 is 40.9 Å². The molecule has 30 heavy (non-hydrogen) atoms. The van der Waals surface area contributed by atoms with E-state index in [2.05, 4.69) is 15.5 Å². The molecule has 0 saturated heterocycles. The van der Waals surface area contributed by atoms with Crippen molar-refractivity contribution < 1.29 is 14.3 Å². The maximum absolute atomic E-state index is 12.9. The van der Waals surface area contributed by atoms with E-state index in [0.717, 1.165) is 5.56 Å². The molecule has 1 aromatic heterocycles. The highest BCUT2D eigenvalue weighted by atomic mass is 35.5. The Morgan fingerprint density at radius 1 is 1.23 bits per heavy atom. The van der Waals surface area contributed by atoms with Gasteiger partial charge < -0.3 is 20.5 Å². The summed E-state index contributed by atoms with van der Waals surface area (Å²) in [6.45, 7) is 1.72. The van der Waals surface area contributed by atoms with Crippen LogP contribution in [-0.4, -0.2) is 34.9 Å². The number of amides is 1. The number of thioether (sulfide) groups is 1. The minimum atomic E-state index is -0.662. The Bertz CT molecular complexity index is 1040. The van der Waals surface area contributed by atoms with Gasteiger partial charge in [0.05, 0.1) is 19.9 Å². The lowest BCUT2D eigenvalue weighted by Crippen LogP contribution is -2.25. The molecule has 158 valence electrons. The van der Waals surface area contributed by atoms with Gasteiger partial charge in [-0.25, -0.2) is 0 Å². The number of aromatic nitrogens is 3. The van der Waals surface area contributed by atoms with Crippen molar-refractivity contribution in [3.8, 4) is 11.5 Å². The summed E-state index contributed by atoms with van der Waals surface area (Å²) in [7, 11) is 3.08. The summed E-state index contributed by atoms with van der Waals surface area (Å²) >= 11 is 7.63. The minimum Gasteiger partial charge on any atom is -0.497 e. The number of rotatable bonds is 8. The van der Waals surface area contributed by atoms with Gasteiger partial charge in [-0.2, -0.15) is 0 Å². The van der Waals surface area contributed by atoms with E-state index >= 15 is 0 Å². The van der Waals surface area contributed by atoms with Crippen LogP contribution in [0.15, 0.2) is 47.6 Å². The molecule has 0 spiro atoms. The van der Waals surface area contributed by atoms with Gasteiger partial charge in [0, 0.05) is 16.8 Å². The van der Waals surface area contributed by atoms with E-state index in [0.29, 0.717) is 33.1 Å². The number of carbonyl (C=O) groups excluding carboxylic acids is 1. The Hall–Kier alpha value is -2.91. The topological polar surface area (TPSA) is 104 Å². The third kappa shape index (κ3) is 4.80. The van der Waals surface area contributed by atoms with Gasteiger partial charge >= 0.3 is 0 Å². The Kier molecular flexibility index (Phi) is 7.07. The normalized spacial score (nSPS) is 11.7. The monoisotopic (exact) mass is 447 g/mol. The van der Waals surface area contributed by atoms with Crippen LogP contribution in [-0.2, 0) is 10.5 Å². The third-order valence-corrected chi connectivity index (χ3v) is 5.80. The van der Waals surface area contributed by atoms with Crippen LogP contribution in [0.2, 0.25) is 5.02 Å². The van der Waals surface area contributed by atoms with Gasteiger partial charge in [-0.1, -0.05) is 41.6 Å². The van der Waals surface area contributed by atoms with Crippen molar-refractivity contribution in [1.82, 2.24) is 14.8 Å². The molecule has 8 nitrogen and oxygen atoms in total. The number of nitrogens with two attached hydrogens (primary N) is 1. The molecule has 0 bridgehead atoms. The first-order chi connectivity index (χ1) is 14.4. The van der Waals surface area contributed by atoms with Crippen LogP contribution in [0.25, 0.3) is 0 Å². The summed E-state index contributed by atoms with van der Waals surface area (Å²) in [5, 5.41) is 12.1. The molecule has 0 fully saturated rings. The number of hydrogen-bond acceptors (Lipinski definition) is 7. The number of hydrogen-bond donors (Lipinski definition) is 2. The number of nitrogens with one attached hydrogen (secondary N) is 1. The molecule has 1 atom stereocenters. The second kappa shape index (κ2) is 9.73. The van der Waals surface area contributed by atoms with Crippen molar-refractivity contribution in [3.63, 3.8) is 0 Å². The van der Waals surface area contributed by atoms with Gasteiger partial charge in [-0.3, -0.25) is 9.36 Å². The van der Waals surface area contributed by atoms with Crippen LogP contribution in [0.3, 0.4) is 0 Å². The molecule has 0 aliphatic carbocycles. The second-order valence-corrected chi connectivity index (χ2v) is 7.67. The zero-order valence-corrected chi connectivity index (χ0v) is 18.3. The lowest BCUT2D eigenvalue weighted by atomic mass is 10.2. The lowest BCUT2D eigenvalue weighted by Gasteiger charge is -2.18. The summed E-state index contributed by atoms with van der Waals surface area (Å²) in [5.74, 6) is 1.53. The van der Waals surface area contributed by atoms with Gasteiger partial charge in [-0.05, 0) is 30.7 Å². The minimum absolute atomic E-state index is 0.150. The number of methoxy groups -OCH3 is 2. The lowest BCUT2D eigenvalue weighted by molar-refractivity contribution is -0.118. The first-order valence-electron chi connectivity index (χ1n) is 9.04. The molecule has 10 heteroatoms. The number of nitrogens with zero attached hydrogens (tertiary/aromatic N) is 3. The van der Waals surface area contributed by atoms with Crippen LogP contribution in [0.4, 0.5) is 11.6 Å². The van der Waals surface area contributed by atoms with Crippen molar-refractivity contribution in [2.24, 2.45) is 0 Å². The first kappa shape index (κ1) is 21.8. The highest BCUT2D eigenvalue weighted by molar-refractivity contribution is 7.98. The Morgan fingerprint density at radius 2 is 2.00 bits per heavy atom. The molecule has 3 rings (SSSR count). The molecule has 1 unspecified atom stereocenters. The van der Waals surface area contributed by atoms with Crippen LogP contribution < -0.4 is 20.5 Å². The molecule has 1 heterocycles. The van der Waals surface area contributed by atoms with Gasteiger partial charge in [0.25, 0.3) is 0 Å². The van der Waals surface area contributed by atoms with Crippen molar-refractivity contribution in [2.45, 2.75) is 23.9 Å². The van der Waals surface area contributed by atoms with Gasteiger partial charge in [0.1, 0.15) is 17.5 Å². The van der Waals surface area contributed by atoms with Crippen LogP contribution in [0.5, 0.6) is 11.5 Å². The van der Waals surface area contributed by atoms with Crippen LogP contribution in [0, 0.1) is 0 Å². The first-order valence-corrected chi connectivity index (χ1v) is 10.4. The molecule has 3 aromatic rings. The maximum Gasteiger partial charge on any atom is 0.247 e. The highest BCUT2D eigenvalue weighted by Crippen LogP contribution is 2.31. The molecule has 0 aliphatic heterocycles. The van der Waals surface area contributed by atoms with E-state index in [4.69, 9.17) is 26.8 Å². The van der Waals surface area contributed by atoms with Crippen LogP contribution in [0.1, 0.15) is 18.5 Å². The van der Waals surface area contributed by atoms with E-state index in [1.807, 2.05) is 24.3 Å². The summed E-state index contributed by atoms with van der Waals surface area (Å²) in [6.07, 6.45) is 0. The number of halogens is 1. The number of anilines is 2. The smallest absolute Gasteiger partial charge is 0.247 e. The molecule has 3 N–H and O–H groups in total. The van der Waals surface area contributed by atoms with E-state index in [9.17, 15) is 4.79 Å². The van der Waals surface area contributed by atoms with Crippen molar-refractivity contribution in [2.75, 3.05) is 25.3 Å². The van der Waals surface area contributed by atoms with Crippen LogP contribution >= 0.6 is 23.4 Å². The average molecular weight is 448 g/mol. The average Bonchev–Trinajstić information content (AvgIpc) is 3.12. The zero-order chi connectivity index (χ0) is 21.7. The molecular formula is C20H22ClN5O3S. The molecular weight excluding hydrogens is 426 g/mol. The third-order valence-electron chi connectivity index (χ3n) is 4.44.